The van der Waals surface area contributed by atoms with Crippen molar-refractivity contribution in [1.29, 1.82) is 0 Å². The molecule has 78 heavy (non-hydrogen) atoms. The molecule has 2 heteroatoms. The van der Waals surface area contributed by atoms with Gasteiger partial charge in [-0.05, 0) is 152 Å². The molecule has 2 nitrogen and oxygen atoms in total. The van der Waals surface area contributed by atoms with Crippen molar-refractivity contribution in [2.45, 2.75) is 24.7 Å². The Labute approximate surface area is 460 Å². The molecule has 0 N–H and O–H groups in total. The number of hydrogen-bond donors (Lipinski definition) is 0. The van der Waals surface area contributed by atoms with Gasteiger partial charge in [-0.25, -0.2) is 0 Å². The highest BCUT2D eigenvalue weighted by atomic mass is 15.1. The van der Waals surface area contributed by atoms with E-state index in [9.17, 15) is 0 Å². The van der Waals surface area contributed by atoms with Crippen molar-refractivity contribution in [1.82, 2.24) is 0 Å². The minimum Gasteiger partial charge on any atom is -0.311 e. The lowest BCUT2D eigenvalue weighted by atomic mass is 9.85. The van der Waals surface area contributed by atoms with E-state index in [-0.39, 0.29) is 11.8 Å². The molecule has 0 amide bonds. The van der Waals surface area contributed by atoms with Crippen molar-refractivity contribution < 1.29 is 0 Å². The number of hydrogen-bond acceptors (Lipinski definition) is 2. The second-order valence-corrected chi connectivity index (χ2v) is 20.1. The molecule has 0 saturated carbocycles. The number of rotatable bonds is 17. The van der Waals surface area contributed by atoms with Gasteiger partial charge in [0.25, 0.3) is 0 Å². The first-order valence-electron chi connectivity index (χ1n) is 27.2. The predicted molar refractivity (Wildman–Crippen MR) is 329 cm³/mol. The number of benzene rings is 12. The fourth-order valence-corrected chi connectivity index (χ4v) is 11.0. The van der Waals surface area contributed by atoms with E-state index in [1.54, 1.807) is 0 Å². The summed E-state index contributed by atoms with van der Waals surface area (Å²) in [5, 5.41) is 0. The third kappa shape index (κ3) is 11.3. The summed E-state index contributed by atoms with van der Waals surface area (Å²) in [6.45, 7) is 0. The molecule has 2 unspecified atom stereocenters. The molecule has 0 aliphatic rings. The van der Waals surface area contributed by atoms with Crippen LogP contribution in [-0.2, 0) is 12.8 Å². The third-order valence-corrected chi connectivity index (χ3v) is 15.1. The molecule has 12 rings (SSSR count). The van der Waals surface area contributed by atoms with Crippen molar-refractivity contribution in [2.24, 2.45) is 0 Å². The van der Waals surface area contributed by atoms with E-state index in [1.165, 1.54) is 66.8 Å². The van der Waals surface area contributed by atoms with Gasteiger partial charge in [0.05, 0.1) is 0 Å². The summed E-state index contributed by atoms with van der Waals surface area (Å²) in [5.74, 6) is 0.482. The van der Waals surface area contributed by atoms with Crippen LogP contribution < -0.4 is 9.80 Å². The summed E-state index contributed by atoms with van der Waals surface area (Å²) in [6.07, 6.45) is 1.85. The molecule has 12 aromatic rings. The number of anilines is 6. The Hall–Kier alpha value is -9.76. The highest BCUT2D eigenvalue weighted by Crippen LogP contribution is 2.40. The molecule has 374 valence electrons. The van der Waals surface area contributed by atoms with Crippen LogP contribution in [-0.4, -0.2) is 0 Å². The molecule has 0 saturated heterocycles. The highest BCUT2D eigenvalue weighted by Gasteiger charge is 2.19. The van der Waals surface area contributed by atoms with Gasteiger partial charge in [-0.1, -0.05) is 255 Å². The number of nitrogens with zero attached hydrogens (tertiary/aromatic N) is 2. The zero-order chi connectivity index (χ0) is 52.3. The van der Waals surface area contributed by atoms with Gasteiger partial charge in [-0.15, -0.1) is 0 Å². The van der Waals surface area contributed by atoms with Gasteiger partial charge in [0, 0.05) is 46.0 Å². The lowest BCUT2D eigenvalue weighted by Gasteiger charge is -2.26. The first-order chi connectivity index (χ1) is 38.7. The zero-order valence-corrected chi connectivity index (χ0v) is 43.6. The smallest absolute Gasteiger partial charge is 0.0462 e. The van der Waals surface area contributed by atoms with Crippen molar-refractivity contribution in [3.8, 4) is 33.4 Å². The van der Waals surface area contributed by atoms with Crippen molar-refractivity contribution >= 4 is 34.1 Å². The monoisotopic (exact) mass is 1000 g/mol. The first-order valence-corrected chi connectivity index (χ1v) is 27.2. The molecule has 0 aliphatic heterocycles. The second-order valence-electron chi connectivity index (χ2n) is 20.1. The van der Waals surface area contributed by atoms with Gasteiger partial charge in [-0.2, -0.15) is 0 Å². The van der Waals surface area contributed by atoms with E-state index in [0.717, 1.165) is 47.0 Å². The van der Waals surface area contributed by atoms with Gasteiger partial charge < -0.3 is 9.80 Å². The Morgan fingerprint density at radius 1 is 0.179 bits per heavy atom. The minimum absolute atomic E-state index is 0.205. The molecule has 12 aromatic carbocycles. The van der Waals surface area contributed by atoms with E-state index in [2.05, 4.69) is 337 Å². The van der Waals surface area contributed by atoms with Crippen LogP contribution >= 0.6 is 0 Å². The Kier molecular flexibility index (Phi) is 14.8. The first kappa shape index (κ1) is 49.1. The molecule has 0 aromatic heterocycles. The molecule has 0 radical (unpaired) electrons. The fourth-order valence-electron chi connectivity index (χ4n) is 11.0. The topological polar surface area (TPSA) is 6.48 Å². The van der Waals surface area contributed by atoms with Crippen molar-refractivity contribution in [2.75, 3.05) is 9.80 Å². The summed E-state index contributed by atoms with van der Waals surface area (Å²) < 4.78 is 0. The predicted octanol–water partition coefficient (Wildman–Crippen LogP) is 20.4. The molecule has 0 aliphatic carbocycles. The Bertz CT molecular complexity index is 3720. The fraction of sp³-hybridized carbons (Fsp3) is 0.0526. The summed E-state index contributed by atoms with van der Waals surface area (Å²) in [5.41, 5.74) is 21.8. The summed E-state index contributed by atoms with van der Waals surface area (Å²) in [4.78, 5) is 4.64. The van der Waals surface area contributed by atoms with Crippen LogP contribution in [0.2, 0.25) is 0 Å². The standard InChI is InChI=1S/C76H60N2/c1-7-19-57(20-8-1)55-75(65-21-9-2-10-22-65)67-39-35-60(36-40-67)63-45-51-73(52-46-63)78(71-29-17-6-18-30-71)74-53-47-64(48-54-74)61-37-41-68(42-38-61)76(66-23-11-3-12-24-66)56-58-31-33-59(34-32-58)62-43-49-72(50-44-62)77(69-25-13-4-14-26-69)70-27-15-5-16-28-70/h1-54,75-76H,55-56H2. The zero-order valence-electron chi connectivity index (χ0n) is 43.6. The van der Waals surface area contributed by atoms with Gasteiger partial charge in [-0.3, -0.25) is 0 Å². The average Bonchev–Trinajstić information content (AvgIpc) is 3.53. The maximum Gasteiger partial charge on any atom is 0.0462 e. The molecule has 0 fully saturated rings. The lowest BCUT2D eigenvalue weighted by molar-refractivity contribution is 0.805. The summed E-state index contributed by atoms with van der Waals surface area (Å²) in [6, 6.07) is 119. The molecule has 0 heterocycles. The van der Waals surface area contributed by atoms with Crippen LogP contribution in [0.25, 0.3) is 33.4 Å². The van der Waals surface area contributed by atoms with Gasteiger partial charge >= 0.3 is 0 Å². The third-order valence-electron chi connectivity index (χ3n) is 15.1. The second kappa shape index (κ2) is 23.4. The molecule has 0 spiro atoms. The minimum atomic E-state index is 0.205. The van der Waals surface area contributed by atoms with E-state index in [4.69, 9.17) is 0 Å². The summed E-state index contributed by atoms with van der Waals surface area (Å²) >= 11 is 0. The lowest BCUT2D eigenvalue weighted by Crippen LogP contribution is -2.09. The van der Waals surface area contributed by atoms with E-state index >= 15 is 0 Å². The SMILES string of the molecule is c1ccc(CC(c2ccccc2)c2ccc(-c3ccc(N(c4ccccc4)c4ccc(-c5ccc(C(Cc6ccc(-c7ccc(N(c8ccccc8)c8ccccc8)cc7)cc6)c6ccccc6)cc5)cc4)cc3)cc2)cc1. The van der Waals surface area contributed by atoms with Crippen LogP contribution in [0, 0.1) is 0 Å². The molecular weight excluding hydrogens is 941 g/mol. The van der Waals surface area contributed by atoms with Crippen molar-refractivity contribution in [3.63, 3.8) is 0 Å². The normalized spacial score (nSPS) is 11.8. The average molecular weight is 1000 g/mol. The Morgan fingerprint density at radius 3 is 0.679 bits per heavy atom. The van der Waals surface area contributed by atoms with E-state index in [0.29, 0.717) is 0 Å². The number of para-hydroxylation sites is 3. The van der Waals surface area contributed by atoms with Crippen LogP contribution in [0.15, 0.2) is 328 Å². The van der Waals surface area contributed by atoms with Gasteiger partial charge in [0.15, 0.2) is 0 Å². The highest BCUT2D eigenvalue weighted by molar-refractivity contribution is 5.81. The van der Waals surface area contributed by atoms with E-state index < -0.39 is 0 Å². The van der Waals surface area contributed by atoms with Crippen LogP contribution in [0.1, 0.15) is 45.2 Å². The van der Waals surface area contributed by atoms with Crippen LogP contribution in [0.4, 0.5) is 34.1 Å². The maximum atomic E-state index is 2.34. The van der Waals surface area contributed by atoms with Crippen molar-refractivity contribution in [3.05, 3.63) is 361 Å². The van der Waals surface area contributed by atoms with Gasteiger partial charge in [0.2, 0.25) is 0 Å². The molecule has 0 bridgehead atoms. The Balaban J connectivity index is 0.747. The molecule has 2 atom stereocenters. The van der Waals surface area contributed by atoms with Gasteiger partial charge in [0.1, 0.15) is 0 Å². The Morgan fingerprint density at radius 2 is 0.385 bits per heavy atom. The largest absolute Gasteiger partial charge is 0.311 e. The molecular formula is C76H60N2. The maximum absolute atomic E-state index is 2.34. The van der Waals surface area contributed by atoms with Crippen LogP contribution in [0.3, 0.4) is 0 Å². The van der Waals surface area contributed by atoms with Crippen LogP contribution in [0.5, 0.6) is 0 Å². The summed E-state index contributed by atoms with van der Waals surface area (Å²) in [7, 11) is 0. The quantitative estimate of drug-likeness (QED) is 0.0897. The van der Waals surface area contributed by atoms with E-state index in [1.807, 2.05) is 0 Å².